The third-order valence-corrected chi connectivity index (χ3v) is 26.6. The molecule has 0 spiro atoms. The van der Waals surface area contributed by atoms with Gasteiger partial charge in [-0.15, -0.1) is 0 Å². The number of rotatable bonds is 30. The van der Waals surface area contributed by atoms with E-state index in [1.807, 2.05) is 121 Å². The van der Waals surface area contributed by atoms with E-state index in [1.54, 1.807) is 0 Å². The van der Waals surface area contributed by atoms with Gasteiger partial charge in [0.15, 0.2) is 0 Å². The Morgan fingerprint density at radius 1 is 0.204 bits per heavy atom. The number of nitrogen functional groups attached to an aromatic ring is 2. The van der Waals surface area contributed by atoms with Gasteiger partial charge in [-0.05, 0) is 335 Å². The molecule has 0 radical (unpaired) electrons. The van der Waals surface area contributed by atoms with E-state index in [0.717, 1.165) is 94.5 Å². The largest absolute Gasteiger partial charge is 0.399 e. The van der Waals surface area contributed by atoms with Crippen LogP contribution in [0, 0.1) is 0 Å². The van der Waals surface area contributed by atoms with E-state index >= 15 is 0 Å². The Kier molecular flexibility index (Phi) is 36.9. The van der Waals surface area contributed by atoms with Crippen LogP contribution in [0.5, 0.6) is 0 Å². The molecule has 2 aliphatic rings. The molecule has 0 saturated carbocycles. The van der Waals surface area contributed by atoms with Gasteiger partial charge in [0.05, 0.1) is 0 Å². The molecule has 0 aliphatic heterocycles. The van der Waals surface area contributed by atoms with Crippen molar-refractivity contribution in [3.63, 3.8) is 0 Å². The van der Waals surface area contributed by atoms with Crippen LogP contribution in [-0.2, 0) is 38.5 Å². The van der Waals surface area contributed by atoms with Gasteiger partial charge in [0, 0.05) is 87.4 Å². The third kappa shape index (κ3) is 29.1. The van der Waals surface area contributed by atoms with E-state index in [2.05, 4.69) is 421 Å². The molecule has 686 valence electrons. The summed E-state index contributed by atoms with van der Waals surface area (Å²) in [6.07, 6.45) is 23.3. The number of nitrogens with two attached hydrogens (primary N) is 2. The molecule has 0 saturated heterocycles. The maximum absolute atomic E-state index is 5.78. The lowest BCUT2D eigenvalue weighted by molar-refractivity contribution is 0.607. The predicted octanol–water partition coefficient (Wildman–Crippen LogP) is 38.1. The smallest absolute Gasteiger partial charge is 0.0467 e. The average Bonchev–Trinajstić information content (AvgIpc) is 0.778. The molecule has 20 rings (SSSR count). The number of hydrogen-bond donors (Lipinski definition) is 3. The maximum atomic E-state index is 5.78. The standard InChI is InChI=1S/C70H63N3.C14H13N.C14H23N.C12H8Br2.C12H11N.C6H5Br/c1-2-3-4-5-6-10-18-53-27-41-65(42-28-53)72(64-24-15-9-16-25-64)67-45-35-55(36-46-67)57-39-49-69(50-40-57)73(70-26-17-19-59(52-70)61-32-30-58-29-31-60(58)51-61)68-47-37-56(38-48-68)54-33-43-66(44-34-54)71(62-20-11-7-12-21-62)63-22-13-8-14-23-63;15-14-3-1-2-11(9-14)13-7-5-10-4-6-12(10)8-13;1-2-3-4-5-6-7-8-13-9-11-14(15)12-10-13;13-11-5-1-9(2-6-11)10-3-7-12(14)8-4-10;1-3-7-11(8-4-1)13-12-9-5-2-6-10-12;7-6-4-2-1-3-5-6/h7-9,11-17,19-28,30,32-52H,2-6,10,18,29,31H2,1H3;1-3,5,7-9H,4,6,15H2;9-12H,2-8,15H2,1H3;1-8H;1-10,13H;1-5H. The highest BCUT2D eigenvalue weighted by molar-refractivity contribution is 9.11. The van der Waals surface area contributed by atoms with Crippen molar-refractivity contribution < 1.29 is 0 Å². The van der Waals surface area contributed by atoms with E-state index < -0.39 is 0 Å². The molecule has 0 fully saturated rings. The Morgan fingerprint density at radius 3 is 0.796 bits per heavy atom. The first kappa shape index (κ1) is 97.7. The van der Waals surface area contributed by atoms with Crippen molar-refractivity contribution in [2.24, 2.45) is 0 Å². The first-order valence-corrected chi connectivity index (χ1v) is 51.0. The first-order valence-electron chi connectivity index (χ1n) is 48.6. The number of anilines is 13. The molecule has 137 heavy (non-hydrogen) atoms. The van der Waals surface area contributed by atoms with Gasteiger partial charge in [-0.1, -0.05) is 393 Å². The molecule has 0 atom stereocenters. The van der Waals surface area contributed by atoms with Gasteiger partial charge in [0.2, 0.25) is 0 Å². The first-order chi connectivity index (χ1) is 67.4. The normalized spacial score (nSPS) is 11.2. The topological polar surface area (TPSA) is 73.8 Å². The van der Waals surface area contributed by atoms with Crippen molar-refractivity contribution in [2.75, 3.05) is 31.5 Å². The van der Waals surface area contributed by atoms with Crippen molar-refractivity contribution >= 4 is 122 Å². The number of halogens is 3. The molecule has 18 aromatic carbocycles. The maximum Gasteiger partial charge on any atom is 0.0467 e. The summed E-state index contributed by atoms with van der Waals surface area (Å²) in [6, 6.07) is 163. The Hall–Kier alpha value is -13.8. The van der Waals surface area contributed by atoms with Crippen LogP contribution >= 0.6 is 47.8 Å². The minimum Gasteiger partial charge on any atom is -0.399 e. The third-order valence-electron chi connectivity index (χ3n) is 25.0. The number of unbranched alkanes of at least 4 members (excludes halogenated alkanes) is 10. The van der Waals surface area contributed by atoms with Gasteiger partial charge in [-0.3, -0.25) is 0 Å². The lowest BCUT2D eigenvalue weighted by Crippen LogP contribution is -2.10. The zero-order valence-corrected chi connectivity index (χ0v) is 83.5. The second-order valence-corrected chi connectivity index (χ2v) is 37.7. The molecule has 5 N–H and O–H groups in total. The van der Waals surface area contributed by atoms with E-state index in [0.29, 0.717) is 0 Å². The zero-order valence-electron chi connectivity index (χ0n) is 78.7. The fourth-order valence-electron chi connectivity index (χ4n) is 17.2. The molecule has 2 aliphatic carbocycles. The molecule has 18 aromatic rings. The van der Waals surface area contributed by atoms with Crippen LogP contribution in [0.15, 0.2) is 474 Å². The van der Waals surface area contributed by atoms with Gasteiger partial charge < -0.3 is 31.5 Å². The van der Waals surface area contributed by atoms with E-state index in [4.69, 9.17) is 11.5 Å². The second kappa shape index (κ2) is 51.8. The van der Waals surface area contributed by atoms with Crippen molar-refractivity contribution in [1.29, 1.82) is 0 Å². The summed E-state index contributed by atoms with van der Waals surface area (Å²) in [5.41, 5.74) is 46.4. The summed E-state index contributed by atoms with van der Waals surface area (Å²) in [5, 5.41) is 3.30. The van der Waals surface area contributed by atoms with Crippen molar-refractivity contribution in [3.8, 4) is 55.6 Å². The van der Waals surface area contributed by atoms with Crippen molar-refractivity contribution in [2.45, 2.75) is 129 Å². The number of nitrogens with one attached hydrogen (secondary N) is 1. The minimum absolute atomic E-state index is 0.829. The van der Waals surface area contributed by atoms with Crippen molar-refractivity contribution in [1.82, 2.24) is 0 Å². The minimum atomic E-state index is 0.829. The summed E-state index contributed by atoms with van der Waals surface area (Å²) in [5.74, 6) is 0. The molecule has 0 unspecified atom stereocenters. The monoisotopic (exact) mass is 1980 g/mol. The molecule has 0 amide bonds. The highest BCUT2D eigenvalue weighted by atomic mass is 79.9. The quantitative estimate of drug-likeness (QED) is 0.0308. The Bertz CT molecular complexity index is 6500. The molecular weight excluding hydrogens is 1860 g/mol. The molecule has 0 aromatic heterocycles. The number of fused-ring (bicyclic) bond motifs is 2. The Labute approximate surface area is 839 Å². The van der Waals surface area contributed by atoms with Crippen LogP contribution in [-0.4, -0.2) is 0 Å². The SMILES string of the molecule is Brc1ccc(-c2ccc(Br)cc2)cc1.Brc1ccccc1.CCCCCCCCc1ccc(N(c2ccccc2)c2ccc(-c3ccc(N(c4ccc(-c5ccc(N(c6ccccc6)c6ccccc6)cc5)cc4)c4cccc(-c5ccc6c(c5)CC6)c4)cc3)cc2)cc1.CCCCCCCCc1ccc(N)cc1.Nc1cccc(-c2ccc3c(c2)CC3)c1.c1ccc(Nc2ccccc2)cc1. The van der Waals surface area contributed by atoms with E-state index in [9.17, 15) is 0 Å². The molecule has 9 heteroatoms. The molecule has 6 nitrogen and oxygen atoms in total. The molecular formula is C128H123Br3N6. The lowest BCUT2D eigenvalue weighted by atomic mass is 9.86. The van der Waals surface area contributed by atoms with Crippen LogP contribution in [0.2, 0.25) is 0 Å². The van der Waals surface area contributed by atoms with Gasteiger partial charge in [-0.25, -0.2) is 0 Å². The summed E-state index contributed by atoms with van der Waals surface area (Å²) in [6.45, 7) is 4.54. The number of nitrogens with zero attached hydrogens (tertiary/aromatic N) is 3. The second-order valence-electron chi connectivity index (χ2n) is 35.0. The van der Waals surface area contributed by atoms with Gasteiger partial charge >= 0.3 is 0 Å². The fraction of sp³-hybridized carbons (Fsp3) is 0.156. The van der Waals surface area contributed by atoms with E-state index in [-0.39, 0.29) is 0 Å². The zero-order chi connectivity index (χ0) is 94.4. The van der Waals surface area contributed by atoms with Crippen LogP contribution in [0.1, 0.15) is 124 Å². The number of para-hydroxylation sites is 5. The number of benzene rings is 18. The van der Waals surface area contributed by atoms with Crippen LogP contribution < -0.4 is 31.5 Å². The Balaban J connectivity index is 0.000000174. The summed E-state index contributed by atoms with van der Waals surface area (Å²) >= 11 is 10.2. The van der Waals surface area contributed by atoms with Gasteiger partial charge in [0.25, 0.3) is 0 Å². The van der Waals surface area contributed by atoms with Crippen LogP contribution in [0.4, 0.5) is 73.9 Å². The fourth-order valence-corrected chi connectivity index (χ4v) is 18.0. The number of hydrogen-bond acceptors (Lipinski definition) is 6. The summed E-state index contributed by atoms with van der Waals surface area (Å²) in [7, 11) is 0. The average molecular weight is 1990 g/mol. The summed E-state index contributed by atoms with van der Waals surface area (Å²) < 4.78 is 3.35. The number of aryl methyl sites for hydroxylation is 6. The van der Waals surface area contributed by atoms with Gasteiger partial charge in [0.1, 0.15) is 0 Å². The van der Waals surface area contributed by atoms with Crippen molar-refractivity contribution in [3.05, 3.63) is 508 Å². The molecule has 0 bridgehead atoms. The highest BCUT2D eigenvalue weighted by Crippen LogP contribution is 2.43. The summed E-state index contributed by atoms with van der Waals surface area (Å²) in [4.78, 5) is 7.05. The van der Waals surface area contributed by atoms with Crippen LogP contribution in [0.3, 0.4) is 0 Å². The lowest BCUT2D eigenvalue weighted by Gasteiger charge is -2.27. The highest BCUT2D eigenvalue weighted by Gasteiger charge is 2.21. The Morgan fingerprint density at radius 2 is 0.467 bits per heavy atom. The molecule has 0 heterocycles. The van der Waals surface area contributed by atoms with Gasteiger partial charge in [-0.2, -0.15) is 0 Å². The van der Waals surface area contributed by atoms with Crippen LogP contribution in [0.25, 0.3) is 55.6 Å². The van der Waals surface area contributed by atoms with E-state index in [1.165, 1.54) is 197 Å². The predicted molar refractivity (Wildman–Crippen MR) is 601 cm³/mol.